The Morgan fingerprint density at radius 1 is 0.917 bits per heavy atom. The Morgan fingerprint density at radius 2 is 1.58 bits per heavy atom. The molecule has 24 heavy (non-hydrogen) atoms. The van der Waals surface area contributed by atoms with Crippen LogP contribution in [-0.2, 0) is 6.18 Å². The third-order valence-corrected chi connectivity index (χ3v) is 2.96. The SMILES string of the molecule is COc1ccc(C(F)(F)F)cc1-c1cc(O)cc(OC(F)(F)F)c1. The van der Waals surface area contributed by atoms with Gasteiger partial charge in [-0.1, -0.05) is 0 Å². The Balaban J connectivity index is 2.58. The molecule has 0 aliphatic heterocycles. The normalized spacial score (nSPS) is 12.1. The van der Waals surface area contributed by atoms with Crippen molar-refractivity contribution in [1.29, 1.82) is 0 Å². The van der Waals surface area contributed by atoms with Crippen molar-refractivity contribution in [1.82, 2.24) is 0 Å². The molecule has 2 aromatic carbocycles. The minimum Gasteiger partial charge on any atom is -0.508 e. The zero-order chi connectivity index (χ0) is 18.1. The van der Waals surface area contributed by atoms with Crippen molar-refractivity contribution < 1.29 is 40.9 Å². The molecular weight excluding hydrogens is 342 g/mol. The van der Waals surface area contributed by atoms with Crippen LogP contribution in [0.15, 0.2) is 36.4 Å². The second-order valence-electron chi connectivity index (χ2n) is 4.68. The first kappa shape index (κ1) is 17.8. The molecule has 9 heteroatoms. The molecule has 0 bridgehead atoms. The maximum absolute atomic E-state index is 12.8. The van der Waals surface area contributed by atoms with Gasteiger partial charge in [-0.15, -0.1) is 13.2 Å². The topological polar surface area (TPSA) is 38.7 Å². The van der Waals surface area contributed by atoms with Gasteiger partial charge in [0.2, 0.25) is 0 Å². The molecule has 0 aliphatic carbocycles. The molecule has 0 saturated heterocycles. The lowest BCUT2D eigenvalue weighted by Gasteiger charge is -2.15. The largest absolute Gasteiger partial charge is 0.573 e. The summed E-state index contributed by atoms with van der Waals surface area (Å²) >= 11 is 0. The maximum atomic E-state index is 12.8. The van der Waals surface area contributed by atoms with Crippen LogP contribution in [0.25, 0.3) is 11.1 Å². The van der Waals surface area contributed by atoms with E-state index >= 15 is 0 Å². The monoisotopic (exact) mass is 352 g/mol. The number of hydrogen-bond acceptors (Lipinski definition) is 3. The third kappa shape index (κ3) is 4.24. The summed E-state index contributed by atoms with van der Waals surface area (Å²) in [5.74, 6) is -1.38. The number of alkyl halides is 6. The van der Waals surface area contributed by atoms with Gasteiger partial charge < -0.3 is 14.6 Å². The second-order valence-corrected chi connectivity index (χ2v) is 4.68. The molecule has 0 saturated carbocycles. The van der Waals surface area contributed by atoms with Crippen molar-refractivity contribution in [2.45, 2.75) is 12.5 Å². The lowest BCUT2D eigenvalue weighted by atomic mass is 10.0. The molecule has 0 amide bonds. The summed E-state index contributed by atoms with van der Waals surface area (Å²) in [6.45, 7) is 0. The summed E-state index contributed by atoms with van der Waals surface area (Å²) in [5, 5.41) is 9.53. The first-order valence-corrected chi connectivity index (χ1v) is 6.35. The Hall–Kier alpha value is -2.58. The summed E-state index contributed by atoms with van der Waals surface area (Å²) in [5.41, 5.74) is -1.28. The molecule has 0 atom stereocenters. The molecule has 0 aliphatic rings. The zero-order valence-electron chi connectivity index (χ0n) is 12.0. The smallest absolute Gasteiger partial charge is 0.508 e. The summed E-state index contributed by atoms with van der Waals surface area (Å²) in [6, 6.07) is 5.07. The van der Waals surface area contributed by atoms with Crippen LogP contribution in [0.3, 0.4) is 0 Å². The van der Waals surface area contributed by atoms with Crippen LogP contribution in [0.1, 0.15) is 5.56 Å². The minimum absolute atomic E-state index is 0.00782. The number of ether oxygens (including phenoxy) is 2. The van der Waals surface area contributed by atoms with Gasteiger partial charge in [0.1, 0.15) is 17.2 Å². The van der Waals surface area contributed by atoms with Gasteiger partial charge >= 0.3 is 12.5 Å². The van der Waals surface area contributed by atoms with Crippen molar-refractivity contribution in [2.24, 2.45) is 0 Å². The van der Waals surface area contributed by atoms with Crippen molar-refractivity contribution in [3.05, 3.63) is 42.0 Å². The minimum atomic E-state index is -5.01. The fraction of sp³-hybridized carbons (Fsp3) is 0.200. The number of phenolic OH excluding ortho intramolecular Hbond substituents is 1. The Labute approximate surface area is 132 Å². The van der Waals surface area contributed by atoms with Gasteiger partial charge in [0.25, 0.3) is 0 Å². The molecule has 0 unspecified atom stereocenters. The number of phenols is 1. The number of methoxy groups -OCH3 is 1. The van der Waals surface area contributed by atoms with Crippen LogP contribution in [0.2, 0.25) is 0 Å². The summed E-state index contributed by atoms with van der Waals surface area (Å²) in [4.78, 5) is 0. The van der Waals surface area contributed by atoms with E-state index in [9.17, 15) is 31.4 Å². The van der Waals surface area contributed by atoms with E-state index in [1.807, 2.05) is 0 Å². The highest BCUT2D eigenvalue weighted by atomic mass is 19.4. The fourth-order valence-electron chi connectivity index (χ4n) is 2.04. The van der Waals surface area contributed by atoms with E-state index in [0.29, 0.717) is 12.1 Å². The predicted molar refractivity (Wildman–Crippen MR) is 71.8 cm³/mol. The van der Waals surface area contributed by atoms with E-state index in [1.165, 1.54) is 7.11 Å². The van der Waals surface area contributed by atoms with Gasteiger partial charge in [-0.2, -0.15) is 13.2 Å². The highest BCUT2D eigenvalue weighted by Crippen LogP contribution is 2.40. The van der Waals surface area contributed by atoms with Crippen LogP contribution in [-0.4, -0.2) is 18.6 Å². The summed E-state index contributed by atoms with van der Waals surface area (Å²) in [7, 11) is 1.20. The van der Waals surface area contributed by atoms with Gasteiger partial charge in [-0.25, -0.2) is 0 Å². The first-order chi connectivity index (χ1) is 11.0. The van der Waals surface area contributed by atoms with Crippen LogP contribution >= 0.6 is 0 Å². The van der Waals surface area contributed by atoms with Crippen molar-refractivity contribution >= 4 is 0 Å². The average molecular weight is 352 g/mol. The average Bonchev–Trinajstić information content (AvgIpc) is 2.43. The van der Waals surface area contributed by atoms with E-state index in [0.717, 1.165) is 24.3 Å². The van der Waals surface area contributed by atoms with Gasteiger partial charge in [0, 0.05) is 11.6 Å². The number of hydrogen-bond donors (Lipinski definition) is 1. The highest BCUT2D eigenvalue weighted by molar-refractivity contribution is 5.73. The predicted octanol–water partition coefficient (Wildman–Crippen LogP) is 4.99. The quantitative estimate of drug-likeness (QED) is 0.792. The fourth-order valence-corrected chi connectivity index (χ4v) is 2.04. The number of halogens is 6. The van der Waals surface area contributed by atoms with E-state index in [4.69, 9.17) is 4.74 Å². The molecule has 2 rings (SSSR count). The lowest BCUT2D eigenvalue weighted by molar-refractivity contribution is -0.274. The molecule has 1 N–H and O–H groups in total. The van der Waals surface area contributed by atoms with Crippen molar-refractivity contribution in [2.75, 3.05) is 7.11 Å². The summed E-state index contributed by atoms with van der Waals surface area (Å²) < 4.78 is 84.0. The molecule has 0 aromatic heterocycles. The van der Waals surface area contributed by atoms with Gasteiger partial charge in [-0.05, 0) is 35.9 Å². The highest BCUT2D eigenvalue weighted by Gasteiger charge is 2.33. The molecular formula is C15H10F6O3. The van der Waals surface area contributed by atoms with E-state index in [2.05, 4.69) is 4.74 Å². The van der Waals surface area contributed by atoms with Gasteiger partial charge in [-0.3, -0.25) is 0 Å². The Kier molecular flexibility index (Phi) is 4.54. The molecule has 130 valence electrons. The second kappa shape index (κ2) is 6.14. The molecule has 0 spiro atoms. The standard InChI is InChI=1S/C15H10F6O3/c1-23-13-3-2-9(14(16,17)18)6-12(13)8-4-10(22)7-11(5-8)24-15(19,20)21/h2-7,22H,1H3. The molecule has 0 radical (unpaired) electrons. The van der Waals surface area contributed by atoms with Crippen molar-refractivity contribution in [3.8, 4) is 28.4 Å². The lowest BCUT2D eigenvalue weighted by Crippen LogP contribution is -2.17. The number of aromatic hydroxyl groups is 1. The Morgan fingerprint density at radius 3 is 2.12 bits per heavy atom. The van der Waals surface area contributed by atoms with Crippen molar-refractivity contribution in [3.63, 3.8) is 0 Å². The third-order valence-electron chi connectivity index (χ3n) is 2.96. The van der Waals surface area contributed by atoms with Gasteiger partial charge in [0.15, 0.2) is 0 Å². The Bertz CT molecular complexity index is 737. The zero-order valence-corrected chi connectivity index (χ0v) is 12.0. The molecule has 0 fully saturated rings. The maximum Gasteiger partial charge on any atom is 0.573 e. The first-order valence-electron chi connectivity index (χ1n) is 6.35. The number of benzene rings is 2. The molecule has 3 nitrogen and oxygen atoms in total. The molecule has 0 heterocycles. The molecule has 2 aromatic rings. The van der Waals surface area contributed by atoms with E-state index < -0.39 is 29.6 Å². The van der Waals surface area contributed by atoms with Crippen LogP contribution in [0.5, 0.6) is 17.2 Å². The van der Waals surface area contributed by atoms with Gasteiger partial charge in [0.05, 0.1) is 12.7 Å². The van der Waals surface area contributed by atoms with E-state index in [1.54, 1.807) is 0 Å². The van der Waals surface area contributed by atoms with Crippen LogP contribution in [0.4, 0.5) is 26.3 Å². The van der Waals surface area contributed by atoms with E-state index in [-0.39, 0.29) is 16.9 Å². The summed E-state index contributed by atoms with van der Waals surface area (Å²) in [6.07, 6.45) is -9.66. The van der Waals surface area contributed by atoms with Crippen LogP contribution < -0.4 is 9.47 Å². The number of rotatable bonds is 3. The van der Waals surface area contributed by atoms with Crippen LogP contribution in [0, 0.1) is 0 Å².